The maximum Gasteiger partial charge on any atom is 0.337 e. The Balaban J connectivity index is 1.74. The average Bonchev–Trinajstić information content (AvgIpc) is 3.02. The highest BCUT2D eigenvalue weighted by Crippen LogP contribution is 2.29. The van der Waals surface area contributed by atoms with E-state index in [0.717, 1.165) is 5.56 Å². The third-order valence-corrected chi connectivity index (χ3v) is 4.24. The number of hydrogen-bond acceptors (Lipinski definition) is 3. The quantitative estimate of drug-likeness (QED) is 0.537. The van der Waals surface area contributed by atoms with Gasteiger partial charge in [-0.25, -0.2) is 4.79 Å². The maximum atomic E-state index is 11.1. The van der Waals surface area contributed by atoms with Crippen LogP contribution >= 0.6 is 34.8 Å². The van der Waals surface area contributed by atoms with E-state index < -0.39 is 5.97 Å². The van der Waals surface area contributed by atoms with Crippen LogP contribution in [0, 0.1) is 0 Å². The SMILES string of the molecule is O=C(O)c1cc(NCc2ccc(-c3cc(Cl)cc(Cl)c3)o2)ccc1Cl. The van der Waals surface area contributed by atoms with Crippen LogP contribution < -0.4 is 5.32 Å². The number of benzene rings is 2. The predicted molar refractivity (Wildman–Crippen MR) is 99.9 cm³/mol. The molecule has 2 aromatic carbocycles. The number of aromatic carboxylic acids is 1. The van der Waals surface area contributed by atoms with Crippen LogP contribution in [-0.4, -0.2) is 11.1 Å². The van der Waals surface area contributed by atoms with Crippen molar-refractivity contribution in [3.05, 3.63) is 74.9 Å². The minimum atomic E-state index is -1.08. The molecule has 4 nitrogen and oxygen atoms in total. The summed E-state index contributed by atoms with van der Waals surface area (Å²) in [6.45, 7) is 0.384. The van der Waals surface area contributed by atoms with Crippen LogP contribution in [0.25, 0.3) is 11.3 Å². The lowest BCUT2D eigenvalue weighted by molar-refractivity contribution is 0.0697. The highest BCUT2D eigenvalue weighted by atomic mass is 35.5. The van der Waals surface area contributed by atoms with Crippen LogP contribution in [0.4, 0.5) is 5.69 Å². The highest BCUT2D eigenvalue weighted by Gasteiger charge is 2.10. The first kappa shape index (κ1) is 17.7. The summed E-state index contributed by atoms with van der Waals surface area (Å²) in [6.07, 6.45) is 0. The second-order valence-corrected chi connectivity index (χ2v) is 6.56. The van der Waals surface area contributed by atoms with Crippen LogP contribution in [0.5, 0.6) is 0 Å². The fraction of sp³-hybridized carbons (Fsp3) is 0.0556. The smallest absolute Gasteiger partial charge is 0.337 e. The first-order valence-electron chi connectivity index (χ1n) is 7.24. The van der Waals surface area contributed by atoms with E-state index >= 15 is 0 Å². The number of carboxylic acid groups (broad SMARTS) is 1. The van der Waals surface area contributed by atoms with Crippen LogP contribution in [-0.2, 0) is 6.54 Å². The zero-order valence-electron chi connectivity index (χ0n) is 12.7. The van der Waals surface area contributed by atoms with Crippen molar-refractivity contribution >= 4 is 46.5 Å². The molecule has 0 aliphatic heterocycles. The molecule has 128 valence electrons. The zero-order valence-corrected chi connectivity index (χ0v) is 15.0. The summed E-state index contributed by atoms with van der Waals surface area (Å²) in [7, 11) is 0. The van der Waals surface area contributed by atoms with E-state index in [-0.39, 0.29) is 10.6 Å². The molecular formula is C18H12Cl3NO3. The Morgan fingerprint density at radius 3 is 2.40 bits per heavy atom. The summed E-state index contributed by atoms with van der Waals surface area (Å²) in [4.78, 5) is 11.1. The van der Waals surface area contributed by atoms with Crippen molar-refractivity contribution in [2.24, 2.45) is 0 Å². The number of carbonyl (C=O) groups is 1. The average molecular weight is 397 g/mol. The van der Waals surface area contributed by atoms with E-state index in [0.29, 0.717) is 33.8 Å². The van der Waals surface area contributed by atoms with Crippen molar-refractivity contribution in [3.63, 3.8) is 0 Å². The number of carboxylic acids is 1. The molecule has 0 amide bonds. The number of nitrogens with one attached hydrogen (secondary N) is 1. The van der Waals surface area contributed by atoms with Crippen LogP contribution in [0.2, 0.25) is 15.1 Å². The van der Waals surface area contributed by atoms with E-state index in [2.05, 4.69) is 5.32 Å². The first-order valence-corrected chi connectivity index (χ1v) is 8.37. The molecule has 0 fully saturated rings. The van der Waals surface area contributed by atoms with Crippen molar-refractivity contribution in [2.75, 3.05) is 5.32 Å². The van der Waals surface area contributed by atoms with Gasteiger partial charge < -0.3 is 14.8 Å². The molecule has 0 spiro atoms. The van der Waals surface area contributed by atoms with Gasteiger partial charge in [-0.15, -0.1) is 0 Å². The van der Waals surface area contributed by atoms with E-state index in [4.69, 9.17) is 44.3 Å². The monoisotopic (exact) mass is 395 g/mol. The lowest BCUT2D eigenvalue weighted by atomic mass is 10.2. The number of anilines is 1. The number of rotatable bonds is 5. The molecule has 1 aromatic heterocycles. The second kappa shape index (κ2) is 7.40. The van der Waals surface area contributed by atoms with Crippen molar-refractivity contribution < 1.29 is 14.3 Å². The van der Waals surface area contributed by atoms with Gasteiger partial charge >= 0.3 is 5.97 Å². The summed E-state index contributed by atoms with van der Waals surface area (Å²) in [5.74, 6) is 0.244. The number of halogens is 3. The molecule has 0 saturated heterocycles. The molecule has 0 bridgehead atoms. The Morgan fingerprint density at radius 1 is 1.00 bits per heavy atom. The summed E-state index contributed by atoms with van der Waals surface area (Å²) >= 11 is 17.9. The molecule has 2 N–H and O–H groups in total. The molecular weight excluding hydrogens is 385 g/mol. The fourth-order valence-electron chi connectivity index (χ4n) is 2.31. The van der Waals surface area contributed by atoms with E-state index in [1.165, 1.54) is 12.1 Å². The summed E-state index contributed by atoms with van der Waals surface area (Å²) in [5.41, 5.74) is 1.45. The van der Waals surface area contributed by atoms with Crippen molar-refractivity contribution in [2.45, 2.75) is 6.54 Å². The Kier molecular flexibility index (Phi) is 5.23. The minimum Gasteiger partial charge on any atom is -0.478 e. The van der Waals surface area contributed by atoms with Crippen LogP contribution in [0.3, 0.4) is 0 Å². The van der Waals surface area contributed by atoms with Gasteiger partial charge in [0.1, 0.15) is 11.5 Å². The summed E-state index contributed by atoms with van der Waals surface area (Å²) in [6, 6.07) is 13.5. The van der Waals surface area contributed by atoms with E-state index in [1.54, 1.807) is 24.3 Å². The summed E-state index contributed by atoms with van der Waals surface area (Å²) < 4.78 is 5.78. The van der Waals surface area contributed by atoms with Gasteiger partial charge in [0, 0.05) is 21.3 Å². The number of hydrogen-bond donors (Lipinski definition) is 2. The molecule has 25 heavy (non-hydrogen) atoms. The van der Waals surface area contributed by atoms with Gasteiger partial charge in [-0.05, 0) is 48.5 Å². The normalized spacial score (nSPS) is 10.7. The zero-order chi connectivity index (χ0) is 18.0. The summed E-state index contributed by atoms with van der Waals surface area (Å²) in [5, 5.41) is 13.4. The van der Waals surface area contributed by atoms with Gasteiger partial charge in [0.15, 0.2) is 0 Å². The van der Waals surface area contributed by atoms with E-state index in [9.17, 15) is 4.79 Å². The standard InChI is InChI=1S/C18H12Cl3NO3/c19-11-5-10(6-12(20)7-11)17-4-2-14(25-17)9-22-13-1-3-16(21)15(8-13)18(23)24/h1-8,22H,9H2,(H,23,24). The van der Waals surface area contributed by atoms with Gasteiger partial charge in [-0.1, -0.05) is 34.8 Å². The van der Waals surface area contributed by atoms with Crippen molar-refractivity contribution in [1.29, 1.82) is 0 Å². The molecule has 0 aliphatic rings. The van der Waals surface area contributed by atoms with Crippen molar-refractivity contribution in [1.82, 2.24) is 0 Å². The lowest BCUT2D eigenvalue weighted by Crippen LogP contribution is -2.02. The fourth-order valence-corrected chi connectivity index (χ4v) is 3.04. The molecule has 0 atom stereocenters. The predicted octanol–water partition coefficient (Wildman–Crippen LogP) is 6.22. The largest absolute Gasteiger partial charge is 0.478 e. The molecule has 0 aliphatic carbocycles. The van der Waals surface area contributed by atoms with Gasteiger partial charge in [0.25, 0.3) is 0 Å². The van der Waals surface area contributed by atoms with Gasteiger partial charge in [-0.3, -0.25) is 0 Å². The molecule has 7 heteroatoms. The highest BCUT2D eigenvalue weighted by molar-refractivity contribution is 6.35. The molecule has 0 unspecified atom stereocenters. The van der Waals surface area contributed by atoms with Gasteiger partial charge in [0.05, 0.1) is 17.1 Å². The lowest BCUT2D eigenvalue weighted by Gasteiger charge is -2.07. The van der Waals surface area contributed by atoms with Crippen LogP contribution in [0.15, 0.2) is 52.9 Å². The number of furan rings is 1. The molecule has 0 saturated carbocycles. The molecule has 3 rings (SSSR count). The van der Waals surface area contributed by atoms with Gasteiger partial charge in [0.2, 0.25) is 0 Å². The molecule has 1 heterocycles. The third-order valence-electron chi connectivity index (χ3n) is 3.47. The first-order chi connectivity index (χ1) is 11.9. The topological polar surface area (TPSA) is 62.5 Å². The third kappa shape index (κ3) is 4.28. The Hall–Kier alpha value is -2.14. The Bertz CT molecular complexity index is 917. The van der Waals surface area contributed by atoms with Crippen LogP contribution in [0.1, 0.15) is 16.1 Å². The molecule has 3 aromatic rings. The van der Waals surface area contributed by atoms with Gasteiger partial charge in [-0.2, -0.15) is 0 Å². The van der Waals surface area contributed by atoms with Crippen molar-refractivity contribution in [3.8, 4) is 11.3 Å². The maximum absolute atomic E-state index is 11.1. The second-order valence-electron chi connectivity index (χ2n) is 5.28. The minimum absolute atomic E-state index is 0.0420. The molecule has 0 radical (unpaired) electrons. The Morgan fingerprint density at radius 2 is 1.72 bits per heavy atom. The van der Waals surface area contributed by atoms with E-state index in [1.807, 2.05) is 12.1 Å². The Labute approximate surface area is 158 Å².